The molecule has 1 rings (SSSR count). The van der Waals surface area contributed by atoms with Crippen molar-refractivity contribution in [1.82, 2.24) is 10.6 Å². The normalized spacial score (nSPS) is 23.4. The van der Waals surface area contributed by atoms with E-state index in [1.807, 2.05) is 6.92 Å². The summed E-state index contributed by atoms with van der Waals surface area (Å²) >= 11 is 0. The average Bonchev–Trinajstić information content (AvgIpc) is 2.72. The molecule has 98 valence electrons. The number of nitrogens with one attached hydrogen (secondary N) is 2. The Labute approximate surface area is 100 Å². The summed E-state index contributed by atoms with van der Waals surface area (Å²) in [5.41, 5.74) is 4.79. The first kappa shape index (κ1) is 13.7. The van der Waals surface area contributed by atoms with Crippen molar-refractivity contribution in [3.05, 3.63) is 0 Å². The minimum absolute atomic E-state index is 0.0528. The maximum absolute atomic E-state index is 11.8. The number of nitrogens with two attached hydrogens (primary N) is 1. The molecule has 2 amide bonds. The Morgan fingerprint density at radius 2 is 2.24 bits per heavy atom. The SMILES string of the molecule is CCNC1COCC1C(=O)NCCOC(N)=O. The van der Waals surface area contributed by atoms with E-state index in [0.717, 1.165) is 6.54 Å². The van der Waals surface area contributed by atoms with Gasteiger partial charge in [0.2, 0.25) is 5.91 Å². The fraction of sp³-hybridized carbons (Fsp3) is 0.800. The predicted molar refractivity (Wildman–Crippen MR) is 60.3 cm³/mol. The van der Waals surface area contributed by atoms with Crippen LogP contribution in [0.5, 0.6) is 0 Å². The van der Waals surface area contributed by atoms with Gasteiger partial charge in [-0.15, -0.1) is 0 Å². The molecule has 0 aromatic heterocycles. The van der Waals surface area contributed by atoms with E-state index in [1.165, 1.54) is 0 Å². The molecule has 0 saturated carbocycles. The molecule has 0 aromatic rings. The number of carbonyl (C=O) groups excluding carboxylic acids is 2. The third-order valence-electron chi connectivity index (χ3n) is 2.53. The minimum Gasteiger partial charge on any atom is -0.448 e. The van der Waals surface area contributed by atoms with Gasteiger partial charge in [-0.2, -0.15) is 0 Å². The molecule has 0 aromatic carbocycles. The van der Waals surface area contributed by atoms with Crippen molar-refractivity contribution in [2.24, 2.45) is 11.7 Å². The van der Waals surface area contributed by atoms with Crippen molar-refractivity contribution in [2.75, 3.05) is 32.9 Å². The third-order valence-corrected chi connectivity index (χ3v) is 2.53. The number of carbonyl (C=O) groups is 2. The quantitative estimate of drug-likeness (QED) is 0.511. The minimum atomic E-state index is -0.839. The Morgan fingerprint density at radius 3 is 2.88 bits per heavy atom. The summed E-state index contributed by atoms with van der Waals surface area (Å²) in [6.07, 6.45) is -0.839. The third kappa shape index (κ3) is 4.58. The molecule has 1 heterocycles. The number of hydrogen-bond acceptors (Lipinski definition) is 5. The first-order valence-electron chi connectivity index (χ1n) is 5.66. The molecular formula is C10H19N3O4. The Morgan fingerprint density at radius 1 is 1.47 bits per heavy atom. The van der Waals surface area contributed by atoms with E-state index in [2.05, 4.69) is 15.4 Å². The zero-order chi connectivity index (χ0) is 12.7. The van der Waals surface area contributed by atoms with E-state index in [1.54, 1.807) is 0 Å². The van der Waals surface area contributed by atoms with Crippen LogP contribution in [0.15, 0.2) is 0 Å². The second-order valence-corrected chi connectivity index (χ2v) is 3.77. The van der Waals surface area contributed by atoms with Gasteiger partial charge in [-0.25, -0.2) is 4.79 Å². The molecule has 1 aliphatic heterocycles. The smallest absolute Gasteiger partial charge is 0.404 e. The highest BCUT2D eigenvalue weighted by atomic mass is 16.5. The average molecular weight is 245 g/mol. The molecule has 7 heteroatoms. The lowest BCUT2D eigenvalue weighted by Crippen LogP contribution is -2.44. The van der Waals surface area contributed by atoms with Crippen molar-refractivity contribution in [3.8, 4) is 0 Å². The summed E-state index contributed by atoms with van der Waals surface area (Å²) in [6, 6.07) is 0.0528. The van der Waals surface area contributed by atoms with Gasteiger partial charge in [0, 0.05) is 6.04 Å². The maximum atomic E-state index is 11.8. The first-order chi connectivity index (χ1) is 8.15. The highest BCUT2D eigenvalue weighted by molar-refractivity contribution is 5.79. The summed E-state index contributed by atoms with van der Waals surface area (Å²) in [6.45, 7) is 4.08. The number of ether oxygens (including phenoxy) is 2. The second kappa shape index (κ2) is 7.08. The molecule has 7 nitrogen and oxygen atoms in total. The second-order valence-electron chi connectivity index (χ2n) is 3.77. The Bertz CT molecular complexity index is 272. The van der Waals surface area contributed by atoms with Gasteiger partial charge in [-0.3, -0.25) is 4.79 Å². The number of amides is 2. The van der Waals surface area contributed by atoms with Gasteiger partial charge < -0.3 is 25.8 Å². The van der Waals surface area contributed by atoms with Crippen LogP contribution in [0.25, 0.3) is 0 Å². The van der Waals surface area contributed by atoms with E-state index in [4.69, 9.17) is 10.5 Å². The Hall–Kier alpha value is -1.34. The van der Waals surface area contributed by atoms with E-state index in [-0.39, 0.29) is 31.0 Å². The van der Waals surface area contributed by atoms with Gasteiger partial charge in [0.1, 0.15) is 6.61 Å². The number of hydrogen-bond donors (Lipinski definition) is 3. The summed E-state index contributed by atoms with van der Waals surface area (Å²) in [4.78, 5) is 22.1. The molecule has 1 fully saturated rings. The van der Waals surface area contributed by atoms with Gasteiger partial charge in [-0.1, -0.05) is 6.92 Å². The lowest BCUT2D eigenvalue weighted by Gasteiger charge is -2.17. The monoisotopic (exact) mass is 245 g/mol. The number of likely N-dealkylation sites (N-methyl/N-ethyl adjacent to an activating group) is 1. The standard InChI is InChI=1S/C10H19N3O4/c1-2-12-8-6-16-5-7(8)9(14)13-3-4-17-10(11)15/h7-8,12H,2-6H2,1H3,(H2,11,15)(H,13,14). The van der Waals surface area contributed by atoms with Crippen LogP contribution in [0.2, 0.25) is 0 Å². The highest BCUT2D eigenvalue weighted by Crippen LogP contribution is 2.13. The van der Waals surface area contributed by atoms with Gasteiger partial charge in [-0.05, 0) is 6.54 Å². The fourth-order valence-electron chi connectivity index (χ4n) is 1.73. The van der Waals surface area contributed by atoms with Crippen molar-refractivity contribution < 1.29 is 19.1 Å². The summed E-state index contributed by atoms with van der Waals surface area (Å²) in [7, 11) is 0. The Kier molecular flexibility index (Phi) is 5.71. The largest absolute Gasteiger partial charge is 0.448 e. The summed E-state index contributed by atoms with van der Waals surface area (Å²) in [5, 5.41) is 5.87. The molecule has 1 saturated heterocycles. The number of primary amides is 1. The molecule has 4 N–H and O–H groups in total. The molecule has 2 unspecified atom stereocenters. The topological polar surface area (TPSA) is 103 Å². The predicted octanol–water partition coefficient (Wildman–Crippen LogP) is -1.18. The molecule has 2 atom stereocenters. The van der Waals surface area contributed by atoms with Gasteiger partial charge in [0.05, 0.1) is 25.7 Å². The lowest BCUT2D eigenvalue weighted by atomic mass is 10.0. The van der Waals surface area contributed by atoms with Crippen molar-refractivity contribution >= 4 is 12.0 Å². The lowest BCUT2D eigenvalue weighted by molar-refractivity contribution is -0.125. The van der Waals surface area contributed by atoms with Crippen molar-refractivity contribution in [3.63, 3.8) is 0 Å². The van der Waals surface area contributed by atoms with Crippen molar-refractivity contribution in [2.45, 2.75) is 13.0 Å². The van der Waals surface area contributed by atoms with Crippen LogP contribution < -0.4 is 16.4 Å². The maximum Gasteiger partial charge on any atom is 0.404 e. The fourth-order valence-corrected chi connectivity index (χ4v) is 1.73. The Balaban J connectivity index is 2.24. The number of rotatable bonds is 6. The molecule has 1 aliphatic rings. The van der Waals surface area contributed by atoms with E-state index in [0.29, 0.717) is 13.2 Å². The van der Waals surface area contributed by atoms with Gasteiger partial charge in [0.15, 0.2) is 0 Å². The first-order valence-corrected chi connectivity index (χ1v) is 5.66. The zero-order valence-corrected chi connectivity index (χ0v) is 9.90. The van der Waals surface area contributed by atoms with Crippen LogP contribution in [-0.2, 0) is 14.3 Å². The van der Waals surface area contributed by atoms with Crippen LogP contribution in [0.4, 0.5) is 4.79 Å². The summed E-state index contributed by atoms with van der Waals surface area (Å²) in [5.74, 6) is -0.287. The zero-order valence-electron chi connectivity index (χ0n) is 9.90. The molecule has 0 aliphatic carbocycles. The van der Waals surface area contributed by atoms with Crippen LogP contribution >= 0.6 is 0 Å². The molecule has 0 radical (unpaired) electrons. The van der Waals surface area contributed by atoms with Crippen LogP contribution in [0, 0.1) is 5.92 Å². The van der Waals surface area contributed by atoms with Crippen LogP contribution in [0.1, 0.15) is 6.92 Å². The van der Waals surface area contributed by atoms with E-state index in [9.17, 15) is 9.59 Å². The molecule has 0 spiro atoms. The summed E-state index contributed by atoms with van der Waals surface area (Å²) < 4.78 is 9.77. The van der Waals surface area contributed by atoms with E-state index >= 15 is 0 Å². The van der Waals surface area contributed by atoms with E-state index < -0.39 is 6.09 Å². The van der Waals surface area contributed by atoms with Crippen molar-refractivity contribution in [1.29, 1.82) is 0 Å². The van der Waals surface area contributed by atoms with Crippen LogP contribution in [-0.4, -0.2) is 51.0 Å². The van der Waals surface area contributed by atoms with Crippen LogP contribution in [0.3, 0.4) is 0 Å². The van der Waals surface area contributed by atoms with Gasteiger partial charge in [0.25, 0.3) is 0 Å². The molecule has 0 bridgehead atoms. The molecular weight excluding hydrogens is 226 g/mol. The highest BCUT2D eigenvalue weighted by Gasteiger charge is 2.33. The van der Waals surface area contributed by atoms with Gasteiger partial charge >= 0.3 is 6.09 Å². The molecule has 17 heavy (non-hydrogen) atoms.